The van der Waals surface area contributed by atoms with Crippen molar-refractivity contribution in [3.63, 3.8) is 0 Å². The van der Waals surface area contributed by atoms with Crippen LogP contribution in [0.3, 0.4) is 0 Å². The number of aromatic nitrogens is 2. The summed E-state index contributed by atoms with van der Waals surface area (Å²) < 4.78 is 11.2. The first kappa shape index (κ1) is 22.8. The standard InChI is InChI=1S/C25H24N6O3S/c1-16-5-7-18(8-6-16)20-15-35-25(28-20)29-22(32)17(2)30-9-11-31(12-10-30)24-19(14-26)27-23(34-24)21-4-3-13-33-21/h3-8,13,15,17H,9-12H2,1-2H3,(H,28,29,32). The van der Waals surface area contributed by atoms with Gasteiger partial charge in [-0.3, -0.25) is 9.69 Å². The summed E-state index contributed by atoms with van der Waals surface area (Å²) in [5, 5.41) is 15.0. The van der Waals surface area contributed by atoms with E-state index in [2.05, 4.69) is 26.3 Å². The molecule has 35 heavy (non-hydrogen) atoms. The fourth-order valence-electron chi connectivity index (χ4n) is 3.98. The van der Waals surface area contributed by atoms with Crippen molar-refractivity contribution in [3.05, 3.63) is 59.3 Å². The summed E-state index contributed by atoms with van der Waals surface area (Å²) >= 11 is 1.42. The number of amides is 1. The Labute approximate surface area is 206 Å². The summed E-state index contributed by atoms with van der Waals surface area (Å²) in [5.41, 5.74) is 3.29. The van der Waals surface area contributed by atoms with Crippen molar-refractivity contribution in [2.75, 3.05) is 36.4 Å². The molecule has 0 saturated carbocycles. The number of aryl methyl sites for hydroxylation is 1. The number of carbonyl (C=O) groups excluding carboxylic acids is 1. The second kappa shape index (κ2) is 9.74. The highest BCUT2D eigenvalue weighted by atomic mass is 32.1. The number of benzene rings is 1. The Morgan fingerprint density at radius 2 is 1.94 bits per heavy atom. The van der Waals surface area contributed by atoms with Gasteiger partial charge in [0.05, 0.1) is 18.0 Å². The van der Waals surface area contributed by atoms with E-state index in [9.17, 15) is 10.1 Å². The van der Waals surface area contributed by atoms with Crippen molar-refractivity contribution in [2.45, 2.75) is 19.9 Å². The van der Waals surface area contributed by atoms with Crippen LogP contribution in [0.2, 0.25) is 0 Å². The van der Waals surface area contributed by atoms with E-state index in [1.807, 2.05) is 48.4 Å². The molecule has 0 spiro atoms. The van der Waals surface area contributed by atoms with Gasteiger partial charge < -0.3 is 19.1 Å². The number of hydrogen-bond donors (Lipinski definition) is 1. The molecule has 1 unspecified atom stereocenters. The van der Waals surface area contributed by atoms with Gasteiger partial charge in [-0.2, -0.15) is 10.2 Å². The molecular formula is C25H24N6O3S. The number of carbonyl (C=O) groups is 1. The van der Waals surface area contributed by atoms with Gasteiger partial charge in [0.2, 0.25) is 17.5 Å². The number of hydrogen-bond acceptors (Lipinski definition) is 9. The third-order valence-corrected chi connectivity index (χ3v) is 6.82. The average molecular weight is 489 g/mol. The van der Waals surface area contributed by atoms with E-state index >= 15 is 0 Å². The minimum absolute atomic E-state index is 0.0965. The molecule has 0 aliphatic carbocycles. The zero-order valence-corrected chi connectivity index (χ0v) is 20.2. The molecule has 1 atom stereocenters. The van der Waals surface area contributed by atoms with Gasteiger partial charge in [0.1, 0.15) is 6.07 Å². The lowest BCUT2D eigenvalue weighted by atomic mass is 10.1. The molecule has 1 amide bonds. The van der Waals surface area contributed by atoms with E-state index in [1.165, 1.54) is 23.2 Å². The van der Waals surface area contributed by atoms with Gasteiger partial charge in [0.15, 0.2) is 10.9 Å². The van der Waals surface area contributed by atoms with Crippen LogP contribution >= 0.6 is 11.3 Å². The number of thiazole rings is 1. The van der Waals surface area contributed by atoms with E-state index in [1.54, 1.807) is 12.1 Å². The van der Waals surface area contributed by atoms with Gasteiger partial charge in [0, 0.05) is 37.1 Å². The molecule has 4 aromatic rings. The Morgan fingerprint density at radius 1 is 1.17 bits per heavy atom. The Bertz CT molecular complexity index is 1340. The zero-order chi connectivity index (χ0) is 24.4. The molecule has 3 aromatic heterocycles. The van der Waals surface area contributed by atoms with Crippen LogP contribution in [0.5, 0.6) is 0 Å². The summed E-state index contributed by atoms with van der Waals surface area (Å²) in [6.45, 7) is 6.43. The van der Waals surface area contributed by atoms with Crippen molar-refractivity contribution in [1.29, 1.82) is 5.26 Å². The first-order chi connectivity index (χ1) is 17.0. The van der Waals surface area contributed by atoms with Crippen LogP contribution in [0.1, 0.15) is 18.2 Å². The van der Waals surface area contributed by atoms with Crippen LogP contribution in [0.4, 0.5) is 11.0 Å². The van der Waals surface area contributed by atoms with Crippen molar-refractivity contribution >= 4 is 28.3 Å². The molecule has 4 heterocycles. The minimum atomic E-state index is -0.326. The number of nitrogens with one attached hydrogen (secondary N) is 1. The maximum Gasteiger partial charge on any atom is 0.266 e. The summed E-state index contributed by atoms with van der Waals surface area (Å²) in [6, 6.07) is 13.4. The van der Waals surface area contributed by atoms with E-state index in [0.29, 0.717) is 43.0 Å². The molecule has 1 fully saturated rings. The molecule has 1 N–H and O–H groups in total. The average Bonchev–Trinajstić information content (AvgIpc) is 3.65. The number of rotatable bonds is 6. The molecule has 1 saturated heterocycles. The van der Waals surface area contributed by atoms with Gasteiger partial charge in [0.25, 0.3) is 5.89 Å². The van der Waals surface area contributed by atoms with Crippen LogP contribution in [0, 0.1) is 18.3 Å². The number of piperazine rings is 1. The second-order valence-corrected chi connectivity index (χ2v) is 9.21. The van der Waals surface area contributed by atoms with Crippen molar-refractivity contribution < 1.29 is 13.6 Å². The van der Waals surface area contributed by atoms with Gasteiger partial charge in [-0.25, -0.2) is 4.98 Å². The lowest BCUT2D eigenvalue weighted by Crippen LogP contribution is -2.52. The third kappa shape index (κ3) is 4.82. The lowest BCUT2D eigenvalue weighted by Gasteiger charge is -2.37. The topological polar surface area (TPSA) is 111 Å². The predicted molar refractivity (Wildman–Crippen MR) is 133 cm³/mol. The van der Waals surface area contributed by atoms with Crippen LogP contribution in [-0.2, 0) is 4.79 Å². The predicted octanol–water partition coefficient (Wildman–Crippen LogP) is 4.39. The third-order valence-electron chi connectivity index (χ3n) is 6.06. The van der Waals surface area contributed by atoms with Gasteiger partial charge >= 0.3 is 0 Å². The van der Waals surface area contributed by atoms with Gasteiger partial charge in [-0.05, 0) is 26.0 Å². The molecule has 10 heteroatoms. The Balaban J connectivity index is 1.19. The maximum atomic E-state index is 12.9. The summed E-state index contributed by atoms with van der Waals surface area (Å²) in [5.74, 6) is 1.09. The normalized spacial score (nSPS) is 15.1. The Kier molecular flexibility index (Phi) is 6.35. The van der Waals surface area contributed by atoms with Crippen LogP contribution < -0.4 is 10.2 Å². The van der Waals surface area contributed by atoms with E-state index in [4.69, 9.17) is 8.83 Å². The number of oxazole rings is 1. The van der Waals surface area contributed by atoms with Crippen molar-refractivity contribution in [3.8, 4) is 29.0 Å². The second-order valence-electron chi connectivity index (χ2n) is 8.35. The highest BCUT2D eigenvalue weighted by Gasteiger charge is 2.29. The number of anilines is 2. The summed E-state index contributed by atoms with van der Waals surface area (Å²) in [6.07, 6.45) is 1.53. The zero-order valence-electron chi connectivity index (χ0n) is 19.4. The van der Waals surface area contributed by atoms with Gasteiger partial charge in [-0.15, -0.1) is 11.3 Å². The fourth-order valence-corrected chi connectivity index (χ4v) is 4.70. The molecular weight excluding hydrogens is 464 g/mol. The molecule has 1 aromatic carbocycles. The molecule has 0 bridgehead atoms. The van der Waals surface area contributed by atoms with Crippen molar-refractivity contribution in [2.24, 2.45) is 0 Å². The molecule has 178 valence electrons. The highest BCUT2D eigenvalue weighted by molar-refractivity contribution is 7.14. The van der Waals surface area contributed by atoms with E-state index in [0.717, 1.165) is 11.3 Å². The molecule has 0 radical (unpaired) electrons. The first-order valence-corrected chi connectivity index (χ1v) is 12.2. The van der Waals surface area contributed by atoms with Crippen LogP contribution in [-0.4, -0.2) is 53.0 Å². The summed E-state index contributed by atoms with van der Waals surface area (Å²) in [4.78, 5) is 25.8. The monoisotopic (exact) mass is 488 g/mol. The minimum Gasteiger partial charge on any atom is -0.459 e. The molecule has 1 aliphatic heterocycles. The maximum absolute atomic E-state index is 12.9. The Morgan fingerprint density at radius 3 is 2.63 bits per heavy atom. The quantitative estimate of drug-likeness (QED) is 0.425. The summed E-state index contributed by atoms with van der Waals surface area (Å²) in [7, 11) is 0. The first-order valence-electron chi connectivity index (χ1n) is 11.3. The molecule has 9 nitrogen and oxygen atoms in total. The highest BCUT2D eigenvalue weighted by Crippen LogP contribution is 2.29. The van der Waals surface area contributed by atoms with E-state index in [-0.39, 0.29) is 23.5 Å². The van der Waals surface area contributed by atoms with Crippen LogP contribution in [0.25, 0.3) is 22.9 Å². The largest absolute Gasteiger partial charge is 0.459 e. The fraction of sp³-hybridized carbons (Fsp3) is 0.280. The number of furan rings is 1. The lowest BCUT2D eigenvalue weighted by molar-refractivity contribution is -0.120. The molecule has 5 rings (SSSR count). The Hall–Kier alpha value is -3.94. The van der Waals surface area contributed by atoms with E-state index < -0.39 is 0 Å². The van der Waals surface area contributed by atoms with Gasteiger partial charge in [-0.1, -0.05) is 29.8 Å². The molecule has 1 aliphatic rings. The number of nitrogens with zero attached hydrogens (tertiary/aromatic N) is 5. The van der Waals surface area contributed by atoms with Crippen molar-refractivity contribution in [1.82, 2.24) is 14.9 Å². The smallest absolute Gasteiger partial charge is 0.266 e. The SMILES string of the molecule is Cc1ccc(-c2csc(NC(=O)C(C)N3CCN(c4oc(-c5ccco5)nc4C#N)CC3)n2)cc1. The number of nitriles is 1. The van der Waals surface area contributed by atoms with Crippen LogP contribution in [0.15, 0.2) is 56.9 Å².